The van der Waals surface area contributed by atoms with Crippen molar-refractivity contribution >= 4 is 11.9 Å². The second kappa shape index (κ2) is 7.66. The highest BCUT2D eigenvalue weighted by molar-refractivity contribution is 6.15. The lowest BCUT2D eigenvalue weighted by molar-refractivity contribution is -0.918. The van der Waals surface area contributed by atoms with E-state index in [2.05, 4.69) is 11.9 Å². The highest BCUT2D eigenvalue weighted by atomic mass is 16.5. The van der Waals surface area contributed by atoms with Crippen LogP contribution in [0.25, 0.3) is 6.08 Å². The number of hydrogen-bond acceptors (Lipinski definition) is 5. The number of methoxy groups -OCH3 is 1. The molecular formula is C22H24N2O4. The Balaban J connectivity index is 1.64. The lowest BCUT2D eigenvalue weighted by Gasteiger charge is -2.30. The summed E-state index contributed by atoms with van der Waals surface area (Å²) in [4.78, 5) is 16.5. The molecule has 6 heteroatoms. The van der Waals surface area contributed by atoms with Crippen molar-refractivity contribution < 1.29 is 24.3 Å². The Morgan fingerprint density at radius 2 is 1.96 bits per heavy atom. The number of benzene rings is 2. The second-order valence-electron chi connectivity index (χ2n) is 7.33. The normalized spacial score (nSPS) is 18.9. The van der Waals surface area contributed by atoms with E-state index in [4.69, 9.17) is 9.47 Å². The van der Waals surface area contributed by atoms with Gasteiger partial charge in [0.15, 0.2) is 5.76 Å². The molecule has 0 unspecified atom stereocenters. The van der Waals surface area contributed by atoms with Crippen LogP contribution in [0.4, 0.5) is 0 Å². The molecule has 4 rings (SSSR count). The van der Waals surface area contributed by atoms with E-state index in [0.717, 1.165) is 31.7 Å². The summed E-state index contributed by atoms with van der Waals surface area (Å²) in [6.45, 7) is 4.51. The molecule has 0 amide bonds. The second-order valence-corrected chi connectivity index (χ2v) is 7.33. The Morgan fingerprint density at radius 1 is 1.21 bits per heavy atom. The quantitative estimate of drug-likeness (QED) is 0.792. The van der Waals surface area contributed by atoms with Gasteiger partial charge in [0.05, 0.1) is 25.8 Å². The lowest BCUT2D eigenvalue weighted by atomic mass is 10.0. The fourth-order valence-corrected chi connectivity index (χ4v) is 3.75. The van der Waals surface area contributed by atoms with Gasteiger partial charge in [0, 0.05) is 24.2 Å². The Bertz CT molecular complexity index is 930. The molecule has 2 aliphatic heterocycles. The SMILES string of the molecule is COc1ccccc1/C=C1\Oc2c(ccc([O-])c2C[NH+]2CCN(C)CC2)C1=O. The van der Waals surface area contributed by atoms with Gasteiger partial charge in [-0.05, 0) is 25.3 Å². The summed E-state index contributed by atoms with van der Waals surface area (Å²) < 4.78 is 11.3. The van der Waals surface area contributed by atoms with Gasteiger partial charge in [-0.2, -0.15) is 0 Å². The van der Waals surface area contributed by atoms with Crippen molar-refractivity contribution in [2.45, 2.75) is 6.54 Å². The molecule has 0 aromatic heterocycles. The van der Waals surface area contributed by atoms with Crippen LogP contribution in [-0.2, 0) is 6.54 Å². The van der Waals surface area contributed by atoms with Gasteiger partial charge in [-0.3, -0.25) is 9.69 Å². The molecule has 2 aromatic rings. The minimum atomic E-state index is -0.199. The number of carbonyl (C=O) groups excluding carboxylic acids is 1. The molecule has 2 aliphatic rings. The predicted octanol–water partition coefficient (Wildman–Crippen LogP) is 0.715. The zero-order valence-electron chi connectivity index (χ0n) is 16.2. The van der Waals surface area contributed by atoms with Crippen LogP contribution in [0.2, 0.25) is 0 Å². The molecule has 0 bridgehead atoms. The number of ketones is 1. The van der Waals surface area contributed by atoms with E-state index in [1.165, 1.54) is 11.0 Å². The first-order valence-corrected chi connectivity index (χ1v) is 9.49. The van der Waals surface area contributed by atoms with Crippen LogP contribution >= 0.6 is 0 Å². The smallest absolute Gasteiger partial charge is 0.231 e. The molecule has 0 radical (unpaired) electrons. The van der Waals surface area contributed by atoms with E-state index < -0.39 is 0 Å². The summed E-state index contributed by atoms with van der Waals surface area (Å²) >= 11 is 0. The maximum absolute atomic E-state index is 12.8. The van der Waals surface area contributed by atoms with Gasteiger partial charge in [0.1, 0.15) is 18.0 Å². The summed E-state index contributed by atoms with van der Waals surface area (Å²) in [6.07, 6.45) is 1.68. The van der Waals surface area contributed by atoms with Crippen molar-refractivity contribution in [2.75, 3.05) is 40.3 Å². The van der Waals surface area contributed by atoms with E-state index >= 15 is 0 Å². The number of hydrogen-bond donors (Lipinski definition) is 1. The average Bonchev–Trinajstić information content (AvgIpc) is 3.02. The Labute approximate surface area is 164 Å². The third kappa shape index (κ3) is 3.48. The number of piperazine rings is 1. The predicted molar refractivity (Wildman–Crippen MR) is 104 cm³/mol. The maximum atomic E-state index is 12.8. The van der Waals surface area contributed by atoms with E-state index in [0.29, 0.717) is 29.2 Å². The number of fused-ring (bicyclic) bond motifs is 1. The molecule has 0 saturated carbocycles. The van der Waals surface area contributed by atoms with Gasteiger partial charge in [-0.15, -0.1) is 0 Å². The summed E-state index contributed by atoms with van der Waals surface area (Å²) in [5.74, 6) is 1.03. The van der Waals surface area contributed by atoms with E-state index in [1.807, 2.05) is 24.3 Å². The zero-order chi connectivity index (χ0) is 19.7. The highest BCUT2D eigenvalue weighted by Gasteiger charge is 2.31. The largest absolute Gasteiger partial charge is 0.872 e. The third-order valence-electron chi connectivity index (χ3n) is 5.44. The Morgan fingerprint density at radius 3 is 2.71 bits per heavy atom. The van der Waals surface area contributed by atoms with Crippen molar-refractivity contribution in [3.05, 3.63) is 58.8 Å². The van der Waals surface area contributed by atoms with E-state index in [1.54, 1.807) is 19.3 Å². The number of ether oxygens (including phenoxy) is 2. The fourth-order valence-electron chi connectivity index (χ4n) is 3.75. The van der Waals surface area contributed by atoms with Gasteiger partial charge in [0.2, 0.25) is 5.78 Å². The van der Waals surface area contributed by atoms with Crippen molar-refractivity contribution in [3.63, 3.8) is 0 Å². The van der Waals surface area contributed by atoms with Gasteiger partial charge < -0.3 is 19.5 Å². The molecule has 1 saturated heterocycles. The zero-order valence-corrected chi connectivity index (χ0v) is 16.2. The number of Topliss-reactive ketones (excluding diaryl/α,β-unsaturated/α-hetero) is 1. The molecule has 1 fully saturated rings. The number of nitrogens with zero attached hydrogens (tertiary/aromatic N) is 1. The van der Waals surface area contributed by atoms with Crippen molar-refractivity contribution in [1.82, 2.24) is 4.90 Å². The van der Waals surface area contributed by atoms with Crippen LogP contribution in [0.15, 0.2) is 42.2 Å². The monoisotopic (exact) mass is 380 g/mol. The van der Waals surface area contributed by atoms with Gasteiger partial charge in [-0.1, -0.05) is 30.0 Å². The summed E-state index contributed by atoms with van der Waals surface area (Å²) in [5, 5.41) is 12.5. The summed E-state index contributed by atoms with van der Waals surface area (Å²) in [7, 11) is 3.69. The van der Waals surface area contributed by atoms with Crippen LogP contribution in [0.3, 0.4) is 0 Å². The van der Waals surface area contributed by atoms with Crippen LogP contribution in [0.1, 0.15) is 21.5 Å². The van der Waals surface area contributed by atoms with E-state index in [-0.39, 0.29) is 17.3 Å². The van der Waals surface area contributed by atoms with Crippen LogP contribution < -0.4 is 19.5 Å². The first-order valence-electron chi connectivity index (χ1n) is 9.49. The summed E-state index contributed by atoms with van der Waals surface area (Å²) in [5.41, 5.74) is 1.81. The topological polar surface area (TPSA) is 66.3 Å². The first kappa shape index (κ1) is 18.5. The number of quaternary nitrogens is 1. The van der Waals surface area contributed by atoms with Gasteiger partial charge in [0.25, 0.3) is 0 Å². The van der Waals surface area contributed by atoms with Crippen LogP contribution in [-0.4, -0.2) is 51.0 Å². The van der Waals surface area contributed by atoms with Gasteiger partial charge in [-0.25, -0.2) is 0 Å². The number of likely N-dealkylation sites (N-methyl/N-ethyl adjacent to an activating group) is 1. The number of nitrogens with one attached hydrogen (secondary N) is 1. The van der Waals surface area contributed by atoms with E-state index in [9.17, 15) is 9.90 Å². The molecule has 2 aromatic carbocycles. The lowest BCUT2D eigenvalue weighted by Crippen LogP contribution is -3.13. The standard InChI is InChI=1S/C22H24N2O4/c1-23-9-11-24(12-10-23)14-17-18(25)8-7-16-21(26)20(28-22(16)17)13-15-5-3-4-6-19(15)27-2/h3-8,13,25H,9-12,14H2,1-2H3/b20-13-. The molecule has 0 atom stereocenters. The molecule has 28 heavy (non-hydrogen) atoms. The molecule has 0 aliphatic carbocycles. The van der Waals surface area contributed by atoms with Crippen molar-refractivity contribution in [1.29, 1.82) is 0 Å². The van der Waals surface area contributed by atoms with Crippen LogP contribution in [0, 0.1) is 0 Å². The molecular weight excluding hydrogens is 356 g/mol. The third-order valence-corrected chi connectivity index (χ3v) is 5.44. The van der Waals surface area contributed by atoms with Crippen molar-refractivity contribution in [3.8, 4) is 17.2 Å². The fraction of sp³-hybridized carbons (Fsp3) is 0.318. The first-order chi connectivity index (χ1) is 13.6. The van der Waals surface area contributed by atoms with Crippen molar-refractivity contribution in [2.24, 2.45) is 0 Å². The van der Waals surface area contributed by atoms with Gasteiger partial charge >= 0.3 is 0 Å². The number of para-hydroxylation sites is 1. The molecule has 6 nitrogen and oxygen atoms in total. The minimum Gasteiger partial charge on any atom is -0.872 e. The number of rotatable bonds is 4. The number of allylic oxidation sites excluding steroid dienone is 1. The van der Waals surface area contributed by atoms with Crippen LogP contribution in [0.5, 0.6) is 17.2 Å². The molecule has 2 heterocycles. The molecule has 1 N–H and O–H groups in total. The number of carbonyl (C=O) groups is 1. The molecule has 0 spiro atoms. The summed E-state index contributed by atoms with van der Waals surface area (Å²) in [6, 6.07) is 10.5. The Kier molecular flexibility index (Phi) is 5.07. The highest BCUT2D eigenvalue weighted by Crippen LogP contribution is 2.38. The molecule has 146 valence electrons. The maximum Gasteiger partial charge on any atom is 0.231 e. The average molecular weight is 380 g/mol. The Hall–Kier alpha value is -2.83. The minimum absolute atomic E-state index is 0.0727.